The molecule has 0 N–H and O–H groups in total. The van der Waals surface area contributed by atoms with Crippen LogP contribution in [-0.2, 0) is 4.74 Å². The lowest BCUT2D eigenvalue weighted by atomic mass is 10.4. The van der Waals surface area contributed by atoms with Gasteiger partial charge in [-0.1, -0.05) is 0 Å². The van der Waals surface area contributed by atoms with Crippen molar-refractivity contribution in [2.24, 2.45) is 0 Å². The lowest BCUT2D eigenvalue weighted by Crippen LogP contribution is -2.05. The highest BCUT2D eigenvalue weighted by atomic mass is 32.1. The number of methoxy groups -OCH3 is 1. The van der Waals surface area contributed by atoms with Crippen LogP contribution in [0.1, 0.15) is 9.80 Å². The Morgan fingerprint density at radius 3 is 3.20 bits per heavy atom. The first kappa shape index (κ1) is 7.37. The summed E-state index contributed by atoms with van der Waals surface area (Å²) in [5.74, 6) is -0.0579. The Hall–Kier alpha value is -0.740. The van der Waals surface area contributed by atoms with Gasteiger partial charge in [0.1, 0.15) is 6.61 Å². The maximum absolute atomic E-state index is 10.9. The summed E-state index contributed by atoms with van der Waals surface area (Å²) >= 11 is 1.33. The van der Waals surface area contributed by atoms with E-state index in [0.29, 0.717) is 5.01 Å². The minimum absolute atomic E-state index is 0.0579. The van der Waals surface area contributed by atoms with E-state index >= 15 is 0 Å². The molecular weight excluding hydrogens is 150 g/mol. The third-order valence-corrected chi connectivity index (χ3v) is 1.76. The molecule has 0 atom stereocenters. The topological polar surface area (TPSA) is 39.2 Å². The smallest absolute Gasteiger partial charge is 0.216 e. The molecule has 0 aromatic carbocycles. The highest BCUT2D eigenvalue weighted by molar-refractivity contribution is 7.11. The number of Topliss-reactive ketones (excluding diaryl/α,β-unsaturated/α-hetero) is 1. The van der Waals surface area contributed by atoms with Crippen molar-refractivity contribution in [1.29, 1.82) is 0 Å². The van der Waals surface area contributed by atoms with E-state index < -0.39 is 0 Å². The van der Waals surface area contributed by atoms with Crippen LogP contribution in [0.5, 0.6) is 0 Å². The highest BCUT2D eigenvalue weighted by Crippen LogP contribution is 2.04. The fourth-order valence-electron chi connectivity index (χ4n) is 0.554. The second-order valence-corrected chi connectivity index (χ2v) is 2.59. The van der Waals surface area contributed by atoms with Gasteiger partial charge in [-0.3, -0.25) is 4.79 Å². The maximum Gasteiger partial charge on any atom is 0.216 e. The fourth-order valence-corrected chi connectivity index (χ4v) is 1.12. The molecule has 0 aliphatic carbocycles. The predicted octanol–water partition coefficient (Wildman–Crippen LogP) is 0.972. The molecule has 0 aliphatic rings. The van der Waals surface area contributed by atoms with Gasteiger partial charge in [-0.05, 0) is 0 Å². The van der Waals surface area contributed by atoms with Crippen molar-refractivity contribution in [2.75, 3.05) is 13.7 Å². The van der Waals surface area contributed by atoms with E-state index in [2.05, 4.69) is 9.72 Å². The second kappa shape index (κ2) is 3.43. The van der Waals surface area contributed by atoms with Crippen LogP contribution in [-0.4, -0.2) is 24.5 Å². The summed E-state index contributed by atoms with van der Waals surface area (Å²) in [6, 6.07) is 0. The summed E-state index contributed by atoms with van der Waals surface area (Å²) in [7, 11) is 1.49. The molecule has 1 rings (SSSR count). The number of ether oxygens (including phenoxy) is 1. The van der Waals surface area contributed by atoms with Gasteiger partial charge in [0, 0.05) is 18.7 Å². The first-order valence-electron chi connectivity index (χ1n) is 2.76. The maximum atomic E-state index is 10.9. The second-order valence-electron chi connectivity index (χ2n) is 1.69. The number of hydrogen-bond donors (Lipinski definition) is 0. The average Bonchev–Trinajstić information content (AvgIpc) is 2.38. The van der Waals surface area contributed by atoms with E-state index in [4.69, 9.17) is 0 Å². The number of nitrogens with zero attached hydrogens (tertiary/aromatic N) is 1. The zero-order chi connectivity index (χ0) is 7.40. The van der Waals surface area contributed by atoms with Gasteiger partial charge in [0.25, 0.3) is 0 Å². The summed E-state index contributed by atoms with van der Waals surface area (Å²) < 4.78 is 4.64. The molecule has 10 heavy (non-hydrogen) atoms. The van der Waals surface area contributed by atoms with Crippen molar-refractivity contribution < 1.29 is 9.53 Å². The molecule has 3 nitrogen and oxygen atoms in total. The molecule has 0 bridgehead atoms. The van der Waals surface area contributed by atoms with Crippen LogP contribution < -0.4 is 0 Å². The molecule has 0 saturated heterocycles. The lowest BCUT2D eigenvalue weighted by Gasteiger charge is -1.91. The number of thiazole rings is 1. The fraction of sp³-hybridized carbons (Fsp3) is 0.333. The molecule has 0 spiro atoms. The number of ketones is 1. The summed E-state index contributed by atoms with van der Waals surface area (Å²) in [6.07, 6.45) is 1.60. The molecule has 0 saturated carbocycles. The highest BCUT2D eigenvalue weighted by Gasteiger charge is 2.05. The largest absolute Gasteiger partial charge is 0.376 e. The molecule has 0 fully saturated rings. The number of aromatic nitrogens is 1. The van der Waals surface area contributed by atoms with Crippen molar-refractivity contribution in [3.8, 4) is 0 Å². The lowest BCUT2D eigenvalue weighted by molar-refractivity contribution is 0.0847. The SMILES string of the molecule is COCC(=O)c1nccs1. The first-order valence-corrected chi connectivity index (χ1v) is 3.64. The first-order chi connectivity index (χ1) is 4.84. The van der Waals surface area contributed by atoms with Gasteiger partial charge < -0.3 is 4.74 Å². The van der Waals surface area contributed by atoms with Crippen LogP contribution in [0.3, 0.4) is 0 Å². The Kier molecular flexibility index (Phi) is 2.53. The van der Waals surface area contributed by atoms with Gasteiger partial charge in [0.05, 0.1) is 0 Å². The Balaban J connectivity index is 2.59. The molecule has 0 amide bonds. The molecular formula is C6H7NO2S. The average molecular weight is 157 g/mol. The van der Waals surface area contributed by atoms with Crippen LogP contribution in [0.2, 0.25) is 0 Å². The van der Waals surface area contributed by atoms with Gasteiger partial charge in [-0.25, -0.2) is 4.98 Å². The minimum Gasteiger partial charge on any atom is -0.376 e. The van der Waals surface area contributed by atoms with Crippen LogP contribution in [0, 0.1) is 0 Å². The van der Waals surface area contributed by atoms with Crippen LogP contribution >= 0.6 is 11.3 Å². The van der Waals surface area contributed by atoms with Crippen LogP contribution in [0.15, 0.2) is 11.6 Å². The molecule has 0 aliphatic heterocycles. The Morgan fingerprint density at radius 2 is 2.70 bits per heavy atom. The predicted molar refractivity (Wildman–Crippen MR) is 38.3 cm³/mol. The van der Waals surface area contributed by atoms with Gasteiger partial charge >= 0.3 is 0 Å². The quantitative estimate of drug-likeness (QED) is 0.614. The van der Waals surface area contributed by atoms with Crippen LogP contribution in [0.25, 0.3) is 0 Å². The minimum atomic E-state index is -0.0579. The van der Waals surface area contributed by atoms with E-state index in [1.54, 1.807) is 11.6 Å². The Bertz CT molecular complexity index is 208. The number of rotatable bonds is 3. The zero-order valence-corrected chi connectivity index (χ0v) is 6.35. The van der Waals surface area contributed by atoms with E-state index in [1.165, 1.54) is 18.4 Å². The number of carbonyl (C=O) groups excluding carboxylic acids is 1. The standard InChI is InChI=1S/C6H7NO2S/c1-9-4-5(8)6-7-2-3-10-6/h2-3H,4H2,1H3. The normalized spacial score (nSPS) is 9.70. The van der Waals surface area contributed by atoms with Crippen molar-refractivity contribution in [3.05, 3.63) is 16.6 Å². The monoisotopic (exact) mass is 157 g/mol. The number of hydrogen-bond acceptors (Lipinski definition) is 4. The molecule has 1 aromatic heterocycles. The van der Waals surface area contributed by atoms with Crippen molar-refractivity contribution in [1.82, 2.24) is 4.98 Å². The van der Waals surface area contributed by atoms with Crippen LogP contribution in [0.4, 0.5) is 0 Å². The summed E-state index contributed by atoms with van der Waals surface area (Å²) in [5.41, 5.74) is 0. The Morgan fingerprint density at radius 1 is 1.90 bits per heavy atom. The molecule has 0 radical (unpaired) electrons. The summed E-state index contributed by atoms with van der Waals surface area (Å²) in [4.78, 5) is 14.8. The van der Waals surface area contributed by atoms with E-state index in [-0.39, 0.29) is 12.4 Å². The molecule has 54 valence electrons. The van der Waals surface area contributed by atoms with Crippen molar-refractivity contribution >= 4 is 17.1 Å². The van der Waals surface area contributed by atoms with Gasteiger partial charge in [0.2, 0.25) is 5.78 Å². The third kappa shape index (κ3) is 1.62. The molecule has 4 heteroatoms. The molecule has 1 heterocycles. The third-order valence-electron chi connectivity index (χ3n) is 0.946. The van der Waals surface area contributed by atoms with E-state index in [0.717, 1.165) is 0 Å². The summed E-state index contributed by atoms with van der Waals surface area (Å²) in [5, 5.41) is 2.28. The van der Waals surface area contributed by atoms with Crippen molar-refractivity contribution in [2.45, 2.75) is 0 Å². The molecule has 0 unspecified atom stereocenters. The van der Waals surface area contributed by atoms with Gasteiger partial charge in [0.15, 0.2) is 5.01 Å². The Labute approximate surface area is 62.7 Å². The zero-order valence-electron chi connectivity index (χ0n) is 5.53. The van der Waals surface area contributed by atoms with E-state index in [1.807, 2.05) is 0 Å². The molecule has 1 aromatic rings. The number of carbonyl (C=O) groups is 1. The summed E-state index contributed by atoms with van der Waals surface area (Å²) in [6.45, 7) is 0.119. The van der Waals surface area contributed by atoms with E-state index in [9.17, 15) is 4.79 Å². The van der Waals surface area contributed by atoms with Gasteiger partial charge in [-0.15, -0.1) is 11.3 Å². The van der Waals surface area contributed by atoms with Gasteiger partial charge in [-0.2, -0.15) is 0 Å². The van der Waals surface area contributed by atoms with Crippen molar-refractivity contribution in [3.63, 3.8) is 0 Å².